The molecule has 4 rings (SSSR count). The van der Waals surface area contributed by atoms with E-state index in [1.807, 2.05) is 37.2 Å². The first-order valence-corrected chi connectivity index (χ1v) is 9.74. The van der Waals surface area contributed by atoms with Crippen LogP contribution in [0.15, 0.2) is 30.7 Å². The highest BCUT2D eigenvalue weighted by molar-refractivity contribution is 5.87. The maximum absolute atomic E-state index is 4.71. The van der Waals surface area contributed by atoms with Crippen LogP contribution in [0.2, 0.25) is 0 Å². The quantitative estimate of drug-likeness (QED) is 0.676. The van der Waals surface area contributed by atoms with Gasteiger partial charge in [0.05, 0.1) is 11.6 Å². The van der Waals surface area contributed by atoms with Crippen molar-refractivity contribution >= 4 is 16.9 Å². The Hall–Kier alpha value is -2.54. The highest BCUT2D eigenvalue weighted by Crippen LogP contribution is 2.26. The number of piperidine rings is 1. The van der Waals surface area contributed by atoms with Crippen molar-refractivity contribution in [2.24, 2.45) is 7.05 Å². The topological polar surface area (TPSA) is 71.8 Å². The molecule has 0 atom stereocenters. The fourth-order valence-electron chi connectivity index (χ4n) is 3.80. The first-order valence-electron chi connectivity index (χ1n) is 9.74. The van der Waals surface area contributed by atoms with Gasteiger partial charge in [0.15, 0.2) is 5.65 Å². The van der Waals surface area contributed by atoms with Gasteiger partial charge in [-0.1, -0.05) is 0 Å². The number of pyridine rings is 1. The summed E-state index contributed by atoms with van der Waals surface area (Å²) in [6.45, 7) is 5.05. The molecule has 1 aliphatic rings. The van der Waals surface area contributed by atoms with E-state index in [0.29, 0.717) is 6.04 Å². The van der Waals surface area contributed by atoms with Gasteiger partial charge in [-0.25, -0.2) is 9.97 Å². The highest BCUT2D eigenvalue weighted by atomic mass is 15.3. The maximum atomic E-state index is 4.71. The first kappa shape index (κ1) is 17.9. The third kappa shape index (κ3) is 4.08. The smallest absolute Gasteiger partial charge is 0.163 e. The van der Waals surface area contributed by atoms with Gasteiger partial charge in [-0.05, 0) is 56.8 Å². The molecule has 1 fully saturated rings. The van der Waals surface area contributed by atoms with Crippen LogP contribution in [0.4, 0.5) is 5.82 Å². The van der Waals surface area contributed by atoms with Crippen LogP contribution in [0.5, 0.6) is 0 Å². The minimum atomic E-state index is 0.589. The minimum Gasteiger partial charge on any atom is -0.356 e. The summed E-state index contributed by atoms with van der Waals surface area (Å²) >= 11 is 0. The van der Waals surface area contributed by atoms with Gasteiger partial charge in [0.2, 0.25) is 0 Å². The second-order valence-electron chi connectivity index (χ2n) is 7.27. The van der Waals surface area contributed by atoms with Crippen LogP contribution in [-0.4, -0.2) is 50.4 Å². The Morgan fingerprint density at radius 2 is 1.93 bits per heavy atom. The third-order valence-electron chi connectivity index (χ3n) is 5.30. The molecule has 7 nitrogen and oxygen atoms in total. The normalized spacial score (nSPS) is 15.6. The number of hydrogen-bond acceptors (Lipinski definition) is 6. The Kier molecular flexibility index (Phi) is 5.29. The molecular formula is C20H27N7. The average molecular weight is 365 g/mol. The Morgan fingerprint density at radius 3 is 2.70 bits per heavy atom. The van der Waals surface area contributed by atoms with Crippen molar-refractivity contribution < 1.29 is 0 Å². The van der Waals surface area contributed by atoms with E-state index in [0.717, 1.165) is 68.0 Å². The number of aryl methyl sites for hydroxylation is 3. The molecule has 0 bridgehead atoms. The molecule has 7 heteroatoms. The van der Waals surface area contributed by atoms with Gasteiger partial charge < -0.3 is 10.2 Å². The molecule has 1 saturated heterocycles. The zero-order valence-electron chi connectivity index (χ0n) is 16.1. The van der Waals surface area contributed by atoms with Crippen LogP contribution in [0, 0.1) is 6.92 Å². The molecule has 0 aliphatic carbocycles. The monoisotopic (exact) mass is 365 g/mol. The van der Waals surface area contributed by atoms with E-state index in [1.54, 1.807) is 0 Å². The van der Waals surface area contributed by atoms with Crippen LogP contribution in [0.3, 0.4) is 0 Å². The molecule has 1 N–H and O–H groups in total. The zero-order chi connectivity index (χ0) is 18.6. The number of nitrogens with one attached hydrogen (secondary N) is 1. The SMILES string of the molecule is Cc1nc(N2CCC(NCCCc3ccncc3)CC2)c2cnn(C)c2n1. The van der Waals surface area contributed by atoms with Gasteiger partial charge in [-0.3, -0.25) is 9.67 Å². The third-order valence-corrected chi connectivity index (χ3v) is 5.30. The van der Waals surface area contributed by atoms with Gasteiger partial charge in [0.1, 0.15) is 11.6 Å². The van der Waals surface area contributed by atoms with Gasteiger partial charge in [0.25, 0.3) is 0 Å². The molecule has 0 aromatic carbocycles. The summed E-state index contributed by atoms with van der Waals surface area (Å²) in [4.78, 5) is 15.7. The van der Waals surface area contributed by atoms with Crippen molar-refractivity contribution in [3.63, 3.8) is 0 Å². The second kappa shape index (κ2) is 8.00. The van der Waals surface area contributed by atoms with Crippen molar-refractivity contribution in [3.05, 3.63) is 42.1 Å². The Morgan fingerprint density at radius 1 is 1.15 bits per heavy atom. The minimum absolute atomic E-state index is 0.589. The van der Waals surface area contributed by atoms with Crippen LogP contribution in [-0.2, 0) is 13.5 Å². The lowest BCUT2D eigenvalue weighted by molar-refractivity contribution is 0.412. The van der Waals surface area contributed by atoms with Crippen LogP contribution >= 0.6 is 0 Å². The molecule has 142 valence electrons. The molecule has 3 aromatic rings. The van der Waals surface area contributed by atoms with E-state index in [1.165, 1.54) is 5.56 Å². The van der Waals surface area contributed by atoms with Crippen LogP contribution in [0.25, 0.3) is 11.0 Å². The largest absolute Gasteiger partial charge is 0.356 e. The predicted molar refractivity (Wildman–Crippen MR) is 107 cm³/mol. The van der Waals surface area contributed by atoms with Gasteiger partial charge >= 0.3 is 0 Å². The highest BCUT2D eigenvalue weighted by Gasteiger charge is 2.22. The predicted octanol–water partition coefficient (Wildman–Crippen LogP) is 2.26. The molecule has 4 heterocycles. The average Bonchev–Trinajstić information content (AvgIpc) is 3.07. The standard InChI is InChI=1S/C20H27N7/c1-15-24-19-18(14-23-26(19)2)20(25-15)27-12-7-17(8-13-27)22-9-3-4-16-5-10-21-11-6-16/h5-6,10-11,14,17,22H,3-4,7-9,12-13H2,1-2H3. The molecule has 27 heavy (non-hydrogen) atoms. The van der Waals surface area contributed by atoms with E-state index in [4.69, 9.17) is 4.98 Å². The summed E-state index contributed by atoms with van der Waals surface area (Å²) in [6, 6.07) is 4.79. The molecule has 3 aromatic heterocycles. The molecule has 0 amide bonds. The maximum Gasteiger partial charge on any atom is 0.163 e. The van der Waals surface area contributed by atoms with E-state index in [2.05, 4.69) is 37.4 Å². The van der Waals surface area contributed by atoms with Crippen molar-refractivity contribution in [2.75, 3.05) is 24.5 Å². The number of hydrogen-bond donors (Lipinski definition) is 1. The summed E-state index contributed by atoms with van der Waals surface area (Å²) in [5, 5.41) is 9.13. The lowest BCUT2D eigenvalue weighted by Gasteiger charge is -2.33. The number of aromatic nitrogens is 5. The fourth-order valence-corrected chi connectivity index (χ4v) is 3.80. The van der Waals surface area contributed by atoms with E-state index in [-0.39, 0.29) is 0 Å². The Bertz CT molecular complexity index is 882. The molecule has 0 saturated carbocycles. The van der Waals surface area contributed by atoms with Gasteiger partial charge in [0, 0.05) is 38.6 Å². The van der Waals surface area contributed by atoms with Crippen LogP contribution in [0.1, 0.15) is 30.7 Å². The van der Waals surface area contributed by atoms with Gasteiger partial charge in [-0.2, -0.15) is 5.10 Å². The van der Waals surface area contributed by atoms with Crippen molar-refractivity contribution in [2.45, 2.75) is 38.6 Å². The van der Waals surface area contributed by atoms with E-state index >= 15 is 0 Å². The number of fused-ring (bicyclic) bond motifs is 1. The van der Waals surface area contributed by atoms with Crippen molar-refractivity contribution in [1.82, 2.24) is 30.0 Å². The van der Waals surface area contributed by atoms with Crippen molar-refractivity contribution in [3.8, 4) is 0 Å². The Labute approximate surface area is 159 Å². The number of anilines is 1. The lowest BCUT2D eigenvalue weighted by Crippen LogP contribution is -2.43. The van der Waals surface area contributed by atoms with Crippen molar-refractivity contribution in [1.29, 1.82) is 0 Å². The molecule has 0 spiro atoms. The fraction of sp³-hybridized carbons (Fsp3) is 0.500. The molecular weight excluding hydrogens is 338 g/mol. The molecule has 1 aliphatic heterocycles. The molecule has 0 unspecified atom stereocenters. The van der Waals surface area contributed by atoms with Crippen LogP contribution < -0.4 is 10.2 Å². The summed E-state index contributed by atoms with van der Waals surface area (Å²) in [5.41, 5.74) is 2.27. The summed E-state index contributed by atoms with van der Waals surface area (Å²) in [6.07, 6.45) is 10.2. The van der Waals surface area contributed by atoms with Gasteiger partial charge in [-0.15, -0.1) is 0 Å². The first-order chi connectivity index (χ1) is 13.2. The summed E-state index contributed by atoms with van der Waals surface area (Å²) in [7, 11) is 1.93. The zero-order valence-corrected chi connectivity index (χ0v) is 16.1. The Balaban J connectivity index is 1.29. The summed E-state index contributed by atoms with van der Waals surface area (Å²) in [5.74, 6) is 1.83. The lowest BCUT2D eigenvalue weighted by atomic mass is 10.0. The number of nitrogens with zero attached hydrogens (tertiary/aromatic N) is 6. The van der Waals surface area contributed by atoms with E-state index in [9.17, 15) is 0 Å². The number of rotatable bonds is 6. The van der Waals surface area contributed by atoms with E-state index < -0.39 is 0 Å². The second-order valence-corrected chi connectivity index (χ2v) is 7.27. The molecule has 0 radical (unpaired) electrons. The summed E-state index contributed by atoms with van der Waals surface area (Å²) < 4.78 is 1.82.